The Morgan fingerprint density at radius 3 is 2.39 bits per heavy atom. The van der Waals surface area contributed by atoms with E-state index in [9.17, 15) is 18.4 Å². The second-order valence-corrected chi connectivity index (χ2v) is 10.4. The number of ether oxygens (including phenoxy) is 1. The molecule has 2 atom stereocenters. The fraction of sp³-hybridized carbons (Fsp3) is 0.242. The molecule has 2 unspecified atom stereocenters. The summed E-state index contributed by atoms with van der Waals surface area (Å²) in [5.41, 5.74) is 6.17. The second kappa shape index (κ2) is 11.1. The number of amides is 1. The lowest BCUT2D eigenvalue weighted by Crippen LogP contribution is -2.23. The first-order chi connectivity index (χ1) is 19.6. The van der Waals surface area contributed by atoms with Crippen molar-refractivity contribution in [3.8, 4) is 11.1 Å². The topological polar surface area (TPSA) is 71.5 Å². The number of carbonyl (C=O) groups excluding carboxylic acids is 2. The van der Waals surface area contributed by atoms with Gasteiger partial charge in [0.15, 0.2) is 0 Å². The number of aromatic nitrogens is 1. The van der Waals surface area contributed by atoms with Gasteiger partial charge in [0, 0.05) is 24.0 Å². The Balaban J connectivity index is 1.48. The van der Waals surface area contributed by atoms with E-state index < -0.39 is 30.1 Å². The molecule has 210 valence electrons. The number of aryl methyl sites for hydroxylation is 2. The van der Waals surface area contributed by atoms with Crippen LogP contribution >= 0.6 is 0 Å². The minimum absolute atomic E-state index is 0.199. The maximum Gasteiger partial charge on any atom is 0.338 e. The first kappa shape index (κ1) is 28.0. The molecule has 8 heteroatoms. The number of hydrogen-bond donors (Lipinski definition) is 1. The van der Waals surface area contributed by atoms with Crippen molar-refractivity contribution in [2.24, 2.45) is 5.92 Å². The Kier molecular flexibility index (Phi) is 7.58. The number of anilines is 3. The zero-order valence-corrected chi connectivity index (χ0v) is 23.3. The number of rotatable bonds is 8. The number of benzene rings is 3. The number of halogens is 2. The smallest absolute Gasteiger partial charge is 0.338 e. The van der Waals surface area contributed by atoms with Gasteiger partial charge in [-0.2, -0.15) is 0 Å². The van der Waals surface area contributed by atoms with Gasteiger partial charge in [0.1, 0.15) is 11.7 Å². The highest BCUT2D eigenvalue weighted by Crippen LogP contribution is 2.49. The van der Waals surface area contributed by atoms with Gasteiger partial charge >= 0.3 is 5.97 Å². The van der Waals surface area contributed by atoms with Crippen LogP contribution in [-0.4, -0.2) is 29.9 Å². The van der Waals surface area contributed by atoms with Crippen molar-refractivity contribution in [2.75, 3.05) is 17.3 Å². The molecule has 0 aliphatic heterocycles. The molecule has 0 bridgehead atoms. The van der Waals surface area contributed by atoms with Crippen molar-refractivity contribution in [2.45, 2.75) is 39.2 Å². The van der Waals surface area contributed by atoms with E-state index in [4.69, 9.17) is 4.74 Å². The molecule has 1 aliphatic carbocycles. The number of nitrogens with one attached hydrogen (secondary N) is 1. The summed E-state index contributed by atoms with van der Waals surface area (Å²) in [5.74, 6) is -4.61. The molecule has 41 heavy (non-hydrogen) atoms. The lowest BCUT2D eigenvalue weighted by molar-refractivity contribution is -0.119. The SMILES string of the molecule is COC(=O)c1ccc(C)cc1-c1ccc(C(C)N(c2ccc(C)c(NC(=O)C3CC3(F)F)c2)c2ccccn2)cc1. The van der Waals surface area contributed by atoms with Gasteiger partial charge in [-0.1, -0.05) is 54.1 Å². The molecule has 6 nitrogen and oxygen atoms in total. The summed E-state index contributed by atoms with van der Waals surface area (Å²) in [5, 5.41) is 2.70. The summed E-state index contributed by atoms with van der Waals surface area (Å²) < 4.78 is 32.0. The zero-order chi connectivity index (χ0) is 29.3. The average Bonchev–Trinajstić information content (AvgIpc) is 3.63. The van der Waals surface area contributed by atoms with Crippen molar-refractivity contribution in [3.63, 3.8) is 0 Å². The van der Waals surface area contributed by atoms with Crippen LogP contribution in [0.3, 0.4) is 0 Å². The third kappa shape index (κ3) is 5.82. The van der Waals surface area contributed by atoms with Gasteiger partial charge in [-0.15, -0.1) is 0 Å². The number of alkyl halides is 2. The van der Waals surface area contributed by atoms with Gasteiger partial charge in [-0.05, 0) is 73.4 Å². The summed E-state index contributed by atoms with van der Waals surface area (Å²) in [4.78, 5) is 31.5. The van der Waals surface area contributed by atoms with Crippen molar-refractivity contribution in [1.29, 1.82) is 0 Å². The molecule has 1 heterocycles. The largest absolute Gasteiger partial charge is 0.465 e. The van der Waals surface area contributed by atoms with Gasteiger partial charge in [-0.3, -0.25) is 4.79 Å². The fourth-order valence-corrected chi connectivity index (χ4v) is 4.94. The van der Waals surface area contributed by atoms with E-state index in [1.165, 1.54) is 7.11 Å². The van der Waals surface area contributed by atoms with Crippen molar-refractivity contribution in [3.05, 3.63) is 107 Å². The third-order valence-corrected chi connectivity index (χ3v) is 7.47. The Morgan fingerprint density at radius 2 is 1.76 bits per heavy atom. The highest BCUT2D eigenvalue weighted by atomic mass is 19.3. The number of esters is 1. The summed E-state index contributed by atoms with van der Waals surface area (Å²) in [6, 6.07) is 24.6. The van der Waals surface area contributed by atoms with Crippen molar-refractivity contribution < 1.29 is 23.1 Å². The highest BCUT2D eigenvalue weighted by Gasteiger charge is 2.61. The van der Waals surface area contributed by atoms with Gasteiger partial charge in [0.2, 0.25) is 5.91 Å². The molecule has 1 N–H and O–H groups in total. The molecule has 1 aliphatic rings. The van der Waals surface area contributed by atoms with Gasteiger partial charge in [0.05, 0.1) is 18.7 Å². The first-order valence-electron chi connectivity index (χ1n) is 13.4. The van der Waals surface area contributed by atoms with Crippen LogP contribution in [0.2, 0.25) is 0 Å². The van der Waals surface area contributed by atoms with E-state index >= 15 is 0 Å². The molecular formula is C33H31F2N3O3. The van der Waals surface area contributed by atoms with Gasteiger partial charge in [0.25, 0.3) is 5.92 Å². The Hall–Kier alpha value is -4.59. The lowest BCUT2D eigenvalue weighted by atomic mass is 9.95. The predicted molar refractivity (Wildman–Crippen MR) is 156 cm³/mol. The molecule has 1 aromatic heterocycles. The summed E-state index contributed by atoms with van der Waals surface area (Å²) in [7, 11) is 1.37. The Labute approximate surface area is 238 Å². The highest BCUT2D eigenvalue weighted by molar-refractivity contribution is 5.98. The molecule has 0 radical (unpaired) electrons. The van der Waals surface area contributed by atoms with Crippen LogP contribution in [-0.2, 0) is 9.53 Å². The normalized spacial score (nSPS) is 16.0. The molecule has 1 fully saturated rings. The Bertz CT molecular complexity index is 1590. The molecule has 4 aromatic rings. The van der Waals surface area contributed by atoms with Crippen LogP contribution in [0.5, 0.6) is 0 Å². The summed E-state index contributed by atoms with van der Waals surface area (Å²) in [6.07, 6.45) is 1.28. The molecule has 0 saturated heterocycles. The number of carbonyl (C=O) groups is 2. The predicted octanol–water partition coefficient (Wildman–Crippen LogP) is 7.65. The van der Waals surface area contributed by atoms with E-state index in [0.717, 1.165) is 33.5 Å². The van der Waals surface area contributed by atoms with Crippen LogP contribution in [0.1, 0.15) is 46.4 Å². The minimum Gasteiger partial charge on any atom is -0.465 e. The summed E-state index contributed by atoms with van der Waals surface area (Å²) in [6.45, 7) is 5.84. The summed E-state index contributed by atoms with van der Waals surface area (Å²) >= 11 is 0. The standard InChI is InChI=1S/C33H31F2N3O3/c1-20-8-15-26(32(40)41-4)27(17-20)24-12-10-23(11-13-24)22(3)38(30-7-5-6-16-36-30)25-14-9-21(2)29(18-25)37-31(39)28-19-33(28,34)35/h5-18,22,28H,19H2,1-4H3,(H,37,39). The second-order valence-electron chi connectivity index (χ2n) is 10.4. The molecule has 1 saturated carbocycles. The van der Waals surface area contributed by atoms with E-state index in [2.05, 4.69) is 10.3 Å². The molecule has 1 amide bonds. The number of hydrogen-bond acceptors (Lipinski definition) is 5. The van der Waals surface area contributed by atoms with E-state index in [0.29, 0.717) is 17.1 Å². The molecule has 3 aromatic carbocycles. The minimum atomic E-state index is -2.94. The quantitative estimate of drug-likeness (QED) is 0.226. The van der Waals surface area contributed by atoms with Crippen LogP contribution in [0.15, 0.2) is 85.1 Å². The van der Waals surface area contributed by atoms with Crippen LogP contribution in [0.25, 0.3) is 11.1 Å². The number of methoxy groups -OCH3 is 1. The maximum atomic E-state index is 13.5. The van der Waals surface area contributed by atoms with Gasteiger partial charge in [-0.25, -0.2) is 18.6 Å². The lowest BCUT2D eigenvalue weighted by Gasteiger charge is -2.31. The van der Waals surface area contributed by atoms with E-state index in [-0.39, 0.29) is 6.04 Å². The maximum absolute atomic E-state index is 13.5. The van der Waals surface area contributed by atoms with E-state index in [1.807, 2.05) is 92.4 Å². The number of nitrogens with zero attached hydrogens (tertiary/aromatic N) is 2. The van der Waals surface area contributed by atoms with Crippen molar-refractivity contribution in [1.82, 2.24) is 4.98 Å². The number of pyridine rings is 1. The third-order valence-electron chi connectivity index (χ3n) is 7.47. The fourth-order valence-electron chi connectivity index (χ4n) is 4.94. The first-order valence-corrected chi connectivity index (χ1v) is 13.4. The Morgan fingerprint density at radius 1 is 1.02 bits per heavy atom. The average molecular weight is 556 g/mol. The monoisotopic (exact) mass is 555 g/mol. The van der Waals surface area contributed by atoms with Crippen LogP contribution < -0.4 is 10.2 Å². The molecule has 5 rings (SSSR count). The van der Waals surface area contributed by atoms with E-state index in [1.54, 1.807) is 18.3 Å². The van der Waals surface area contributed by atoms with Crippen LogP contribution in [0.4, 0.5) is 26.0 Å². The zero-order valence-electron chi connectivity index (χ0n) is 23.3. The molecular weight excluding hydrogens is 524 g/mol. The molecule has 0 spiro atoms. The van der Waals surface area contributed by atoms with Crippen LogP contribution in [0, 0.1) is 19.8 Å². The van der Waals surface area contributed by atoms with Crippen molar-refractivity contribution >= 4 is 29.1 Å². The van der Waals surface area contributed by atoms with Gasteiger partial charge < -0.3 is 15.0 Å².